The van der Waals surface area contributed by atoms with Gasteiger partial charge < -0.3 is 15.7 Å². The van der Waals surface area contributed by atoms with Gasteiger partial charge in [0, 0.05) is 12.2 Å². The Morgan fingerprint density at radius 3 is 2.43 bits per heavy atom. The fourth-order valence-corrected chi connectivity index (χ4v) is 2.49. The number of aliphatic hydroxyl groups is 1. The number of aliphatic hydroxyl groups excluding tert-OH is 1. The summed E-state index contributed by atoms with van der Waals surface area (Å²) in [5, 5.41) is 16.8. The first-order chi connectivity index (χ1) is 11.2. The second kappa shape index (κ2) is 9.28. The zero-order valence-electron chi connectivity index (χ0n) is 13.5. The van der Waals surface area contributed by atoms with Crippen LogP contribution in [0.3, 0.4) is 0 Å². The van der Waals surface area contributed by atoms with Gasteiger partial charge in [-0.2, -0.15) is 0 Å². The van der Waals surface area contributed by atoms with Crippen molar-refractivity contribution in [3.05, 3.63) is 65.7 Å². The van der Waals surface area contributed by atoms with Crippen LogP contribution >= 0.6 is 12.2 Å². The third-order valence-electron chi connectivity index (χ3n) is 3.67. The number of aryl methyl sites for hydroxylation is 1. The van der Waals surface area contributed by atoms with Gasteiger partial charge in [-0.15, -0.1) is 0 Å². The van der Waals surface area contributed by atoms with E-state index < -0.39 is 6.10 Å². The lowest BCUT2D eigenvalue weighted by atomic mass is 10.1. The van der Waals surface area contributed by atoms with Crippen molar-refractivity contribution in [2.24, 2.45) is 0 Å². The number of nitrogens with one attached hydrogen (secondary N) is 2. The third-order valence-corrected chi connectivity index (χ3v) is 3.92. The fraction of sp³-hybridized carbons (Fsp3) is 0.316. The van der Waals surface area contributed by atoms with Gasteiger partial charge in [-0.3, -0.25) is 0 Å². The molecule has 0 heterocycles. The lowest BCUT2D eigenvalue weighted by molar-refractivity contribution is 0.181. The maximum absolute atomic E-state index is 10.1. The van der Waals surface area contributed by atoms with E-state index in [1.54, 1.807) is 0 Å². The Kier molecular flexibility index (Phi) is 7.04. The number of rotatable bonds is 7. The molecule has 0 spiro atoms. The van der Waals surface area contributed by atoms with Crippen molar-refractivity contribution in [3.8, 4) is 0 Å². The molecule has 0 saturated carbocycles. The maximum atomic E-state index is 10.1. The second-order valence-corrected chi connectivity index (χ2v) is 5.97. The van der Waals surface area contributed by atoms with Crippen molar-refractivity contribution < 1.29 is 5.11 Å². The summed E-state index contributed by atoms with van der Waals surface area (Å²) in [7, 11) is 0. The molecule has 2 aromatic rings. The SMILES string of the molecule is CCCCc1ccc(NC(=S)NC[C@@H](O)c2ccccc2)cc1. The predicted molar refractivity (Wildman–Crippen MR) is 101 cm³/mol. The van der Waals surface area contributed by atoms with Gasteiger partial charge in [-0.25, -0.2) is 0 Å². The lowest BCUT2D eigenvalue weighted by Crippen LogP contribution is -2.32. The zero-order chi connectivity index (χ0) is 16.5. The quantitative estimate of drug-likeness (QED) is 0.671. The minimum absolute atomic E-state index is 0.379. The van der Waals surface area contributed by atoms with Crippen LogP contribution in [0.15, 0.2) is 54.6 Å². The van der Waals surface area contributed by atoms with Crippen LogP contribution in [-0.2, 0) is 6.42 Å². The molecule has 0 radical (unpaired) electrons. The molecule has 2 rings (SSSR count). The largest absolute Gasteiger partial charge is 0.387 e. The molecule has 23 heavy (non-hydrogen) atoms. The third kappa shape index (κ3) is 6.00. The summed E-state index contributed by atoms with van der Waals surface area (Å²) >= 11 is 5.27. The van der Waals surface area contributed by atoms with Crippen LogP contribution < -0.4 is 10.6 Å². The molecular formula is C19H24N2OS. The summed E-state index contributed by atoms with van der Waals surface area (Å²) in [4.78, 5) is 0. The highest BCUT2D eigenvalue weighted by atomic mass is 32.1. The van der Waals surface area contributed by atoms with Crippen LogP contribution in [0.5, 0.6) is 0 Å². The van der Waals surface area contributed by atoms with Gasteiger partial charge in [0.1, 0.15) is 0 Å². The molecule has 2 aromatic carbocycles. The van der Waals surface area contributed by atoms with Crippen molar-refractivity contribution in [1.29, 1.82) is 0 Å². The fourth-order valence-electron chi connectivity index (χ4n) is 2.29. The van der Waals surface area contributed by atoms with Gasteiger partial charge in [-0.1, -0.05) is 55.8 Å². The molecule has 0 aliphatic rings. The van der Waals surface area contributed by atoms with E-state index in [-0.39, 0.29) is 0 Å². The summed E-state index contributed by atoms with van der Waals surface area (Å²) in [6.07, 6.45) is 2.96. The van der Waals surface area contributed by atoms with Crippen LogP contribution in [0.1, 0.15) is 37.0 Å². The molecule has 4 heteroatoms. The molecule has 1 atom stereocenters. The van der Waals surface area contributed by atoms with Gasteiger partial charge >= 0.3 is 0 Å². The topological polar surface area (TPSA) is 44.3 Å². The Hall–Kier alpha value is -1.91. The highest BCUT2D eigenvalue weighted by molar-refractivity contribution is 7.80. The molecule has 3 nitrogen and oxygen atoms in total. The molecule has 0 saturated heterocycles. The Bertz CT molecular complexity index is 599. The number of benzene rings is 2. The van der Waals surface area contributed by atoms with E-state index in [1.165, 1.54) is 18.4 Å². The monoisotopic (exact) mass is 328 g/mol. The molecule has 0 amide bonds. The molecular weight excluding hydrogens is 304 g/mol. The number of anilines is 1. The Morgan fingerprint density at radius 1 is 1.09 bits per heavy atom. The molecule has 0 fully saturated rings. The van der Waals surface area contributed by atoms with Gasteiger partial charge in [0.05, 0.1) is 6.10 Å². The summed E-state index contributed by atoms with van der Waals surface area (Å²) in [6.45, 7) is 2.58. The van der Waals surface area contributed by atoms with Crippen molar-refractivity contribution in [1.82, 2.24) is 5.32 Å². The minimum atomic E-state index is -0.577. The van der Waals surface area contributed by atoms with Gasteiger partial charge in [0.25, 0.3) is 0 Å². The van der Waals surface area contributed by atoms with Crippen LogP contribution in [-0.4, -0.2) is 16.8 Å². The van der Waals surface area contributed by atoms with Gasteiger partial charge in [0.2, 0.25) is 0 Å². The van der Waals surface area contributed by atoms with E-state index >= 15 is 0 Å². The van der Waals surface area contributed by atoms with Gasteiger partial charge in [0.15, 0.2) is 5.11 Å². The highest BCUT2D eigenvalue weighted by Crippen LogP contribution is 2.13. The van der Waals surface area contributed by atoms with E-state index in [1.807, 2.05) is 42.5 Å². The van der Waals surface area contributed by atoms with E-state index in [0.717, 1.165) is 17.7 Å². The molecule has 0 aliphatic carbocycles. The Balaban J connectivity index is 1.78. The summed E-state index contributed by atoms with van der Waals surface area (Å²) in [5.74, 6) is 0. The first-order valence-corrected chi connectivity index (χ1v) is 8.46. The first-order valence-electron chi connectivity index (χ1n) is 8.06. The van der Waals surface area contributed by atoms with E-state index in [0.29, 0.717) is 11.7 Å². The van der Waals surface area contributed by atoms with E-state index in [9.17, 15) is 5.11 Å². The van der Waals surface area contributed by atoms with Crippen LogP contribution in [0.25, 0.3) is 0 Å². The van der Waals surface area contributed by atoms with Crippen molar-refractivity contribution in [3.63, 3.8) is 0 Å². The van der Waals surface area contributed by atoms with Gasteiger partial charge in [-0.05, 0) is 48.3 Å². The van der Waals surface area contributed by atoms with Crippen LogP contribution in [0.4, 0.5) is 5.69 Å². The number of hydrogen-bond acceptors (Lipinski definition) is 2. The average Bonchev–Trinajstić information content (AvgIpc) is 2.60. The highest BCUT2D eigenvalue weighted by Gasteiger charge is 2.07. The minimum Gasteiger partial charge on any atom is -0.387 e. The summed E-state index contributed by atoms with van der Waals surface area (Å²) in [6, 6.07) is 17.9. The normalized spacial score (nSPS) is 11.7. The van der Waals surface area contributed by atoms with Crippen LogP contribution in [0.2, 0.25) is 0 Å². The Labute approximate surface area is 143 Å². The smallest absolute Gasteiger partial charge is 0.170 e. The summed E-state index contributed by atoms with van der Waals surface area (Å²) in [5.41, 5.74) is 3.18. The predicted octanol–water partition coefficient (Wildman–Crippen LogP) is 4.05. The first kappa shape index (κ1) is 17.4. The zero-order valence-corrected chi connectivity index (χ0v) is 14.3. The summed E-state index contributed by atoms with van der Waals surface area (Å²) < 4.78 is 0. The molecule has 122 valence electrons. The molecule has 0 bridgehead atoms. The van der Waals surface area contributed by atoms with Crippen molar-refractivity contribution >= 4 is 23.0 Å². The molecule has 0 aliphatic heterocycles. The Morgan fingerprint density at radius 2 is 1.78 bits per heavy atom. The standard InChI is InChI=1S/C19H24N2OS/c1-2-3-7-15-10-12-17(13-11-15)21-19(23)20-14-18(22)16-8-5-4-6-9-16/h4-6,8-13,18,22H,2-3,7,14H2,1H3,(H2,20,21,23)/t18-/m1/s1. The van der Waals surface area contributed by atoms with Crippen LogP contribution in [0, 0.1) is 0 Å². The second-order valence-electron chi connectivity index (χ2n) is 5.56. The van der Waals surface area contributed by atoms with E-state index in [2.05, 4.69) is 29.7 Å². The van der Waals surface area contributed by atoms with Crippen molar-refractivity contribution in [2.75, 3.05) is 11.9 Å². The molecule has 0 unspecified atom stereocenters. The van der Waals surface area contributed by atoms with E-state index in [4.69, 9.17) is 12.2 Å². The number of unbranched alkanes of at least 4 members (excludes halogenated alkanes) is 1. The molecule has 0 aromatic heterocycles. The number of hydrogen-bond donors (Lipinski definition) is 3. The van der Waals surface area contributed by atoms with Crippen molar-refractivity contribution in [2.45, 2.75) is 32.3 Å². The maximum Gasteiger partial charge on any atom is 0.170 e. The lowest BCUT2D eigenvalue weighted by Gasteiger charge is -2.15. The average molecular weight is 328 g/mol. The molecule has 3 N–H and O–H groups in total. The number of thiocarbonyl (C=S) groups is 1.